The fourth-order valence-corrected chi connectivity index (χ4v) is 10.3. The minimum atomic E-state index is -4.38. The van der Waals surface area contributed by atoms with Gasteiger partial charge >= 0.3 is 148 Å². The first-order valence-corrected chi connectivity index (χ1v) is 26.3. The van der Waals surface area contributed by atoms with Gasteiger partial charge in [0, 0.05) is 35.0 Å². The van der Waals surface area contributed by atoms with Crippen LogP contribution in [0.3, 0.4) is 0 Å². The summed E-state index contributed by atoms with van der Waals surface area (Å²) in [5.41, 5.74) is 10.7. The molecule has 0 bridgehead atoms. The molecule has 63 heavy (non-hydrogen) atoms. The Balaban J connectivity index is 1.46. The van der Waals surface area contributed by atoms with Crippen LogP contribution in [0.4, 0.5) is 11.4 Å². The molecule has 0 amide bonds. The molecule has 0 saturated carbocycles. The van der Waals surface area contributed by atoms with Gasteiger partial charge in [-0.2, -0.15) is 13.0 Å². The third-order valence-corrected chi connectivity index (χ3v) is 15.0. The zero-order valence-corrected chi connectivity index (χ0v) is 44.7. The van der Waals surface area contributed by atoms with Crippen molar-refractivity contribution in [3.8, 4) is 5.75 Å². The van der Waals surface area contributed by atoms with Crippen molar-refractivity contribution < 1.29 is 31.6 Å². The quantitative estimate of drug-likeness (QED) is 0.0588. The van der Waals surface area contributed by atoms with E-state index < -0.39 is 15.5 Å². The van der Waals surface area contributed by atoms with E-state index in [1.165, 1.54) is 28.6 Å². The molecule has 11 heteroatoms. The molecule has 0 aromatic heterocycles. The molecule has 6 rings (SSSR count). The predicted octanol–water partition coefficient (Wildman–Crippen LogP) is 9.37. The molecule has 0 fully saturated rings. The Bertz CT molecular complexity index is 2470. The first-order chi connectivity index (χ1) is 29.6. The van der Waals surface area contributed by atoms with E-state index in [0.717, 1.165) is 121 Å². The maximum absolute atomic E-state index is 12.3. The number of benzene rings is 3. The van der Waals surface area contributed by atoms with Crippen molar-refractivity contribution in [3.05, 3.63) is 130 Å². The number of ether oxygens (including phenoxy) is 1. The molecule has 3 aromatic rings. The third-order valence-electron chi connectivity index (χ3n) is 13.0. The molecule has 0 saturated heterocycles. The van der Waals surface area contributed by atoms with Crippen molar-refractivity contribution in [2.45, 2.75) is 102 Å². The van der Waals surface area contributed by atoms with E-state index in [2.05, 4.69) is 139 Å². The number of allylic oxidation sites excluding steroid dienone is 7. The van der Waals surface area contributed by atoms with Crippen LogP contribution in [0.25, 0.3) is 0 Å². The van der Waals surface area contributed by atoms with E-state index in [-0.39, 0.29) is 10.3 Å². The number of carbonyl (C=O) groups excluding carboxylic acids is 1. The fourth-order valence-electron chi connectivity index (χ4n) is 9.27. The van der Waals surface area contributed by atoms with Crippen LogP contribution >= 0.6 is 0 Å². The van der Waals surface area contributed by atoms with Crippen LogP contribution in [0.2, 0.25) is 0 Å². The molecule has 3 aliphatic rings. The molecule has 9 nitrogen and oxygen atoms in total. The number of quaternary nitrogens is 1. The van der Waals surface area contributed by atoms with Crippen molar-refractivity contribution in [2.75, 3.05) is 65.8 Å². The maximum atomic E-state index is 12.3. The Labute approximate surface area is 393 Å². The molecule has 334 valence electrons. The van der Waals surface area contributed by atoms with E-state index in [1.807, 2.05) is 18.2 Å². The molecule has 1 aliphatic carbocycles. The zero-order valence-electron chi connectivity index (χ0n) is 39.4. The van der Waals surface area contributed by atoms with Gasteiger partial charge in [0.1, 0.15) is 0 Å². The SMILES string of the molecule is CCN(C)CCCN1C(=CC=C2CCCC(C=CC3=[N+](CCC[N+](C)(C)C)c4ccc(S(=O)(=O)O)cc4C3(C)C)=C2Oc2ccc(CC[C](=O)[Tl])cc2)C(C)(C)c2cc(C)ccc21. The average molecular weight is 1070 g/mol. The Hall–Kier alpha value is -3.69. The largest absolute Gasteiger partial charge is 0.0572 e. The smallest absolute Gasteiger partial charge is 0.0450 e. The van der Waals surface area contributed by atoms with Gasteiger partial charge in [0.15, 0.2) is 12.3 Å². The summed E-state index contributed by atoms with van der Waals surface area (Å²) in [7, 11) is 4.39. The van der Waals surface area contributed by atoms with Crippen molar-refractivity contribution in [1.29, 1.82) is 0 Å². The normalized spacial score (nSPS) is 18.6. The maximum Gasteiger partial charge on any atom is 0.0450 e. The Morgan fingerprint density at radius 3 is 2.35 bits per heavy atom. The fraction of sp³-hybridized carbons (Fsp3) is 0.462. The van der Waals surface area contributed by atoms with Crippen LogP contribution in [0.15, 0.2) is 112 Å². The number of carbonyl (C=O) groups is 1. The topological polar surface area (TPSA) is 90.2 Å². The summed E-state index contributed by atoms with van der Waals surface area (Å²) in [4.78, 5) is 16.6. The monoisotopic (exact) mass is 1070 g/mol. The van der Waals surface area contributed by atoms with Crippen molar-refractivity contribution >= 4 is 56.3 Å². The molecule has 2 heterocycles. The molecule has 3 aromatic carbocycles. The Morgan fingerprint density at radius 1 is 0.952 bits per heavy atom. The molecule has 0 spiro atoms. The summed E-state index contributed by atoms with van der Waals surface area (Å²) in [6.07, 6.45) is 15.1. The Morgan fingerprint density at radius 2 is 1.68 bits per heavy atom. The molecule has 0 radical (unpaired) electrons. The zero-order chi connectivity index (χ0) is 45.9. The molecule has 0 atom stereocenters. The van der Waals surface area contributed by atoms with Crippen molar-refractivity contribution in [2.24, 2.45) is 0 Å². The predicted molar refractivity (Wildman–Crippen MR) is 258 cm³/mol. The number of aryl methyl sites for hydroxylation is 2. The van der Waals surface area contributed by atoms with Crippen LogP contribution in [-0.4, -0.2) is 123 Å². The van der Waals surface area contributed by atoms with E-state index in [0.29, 0.717) is 35.5 Å². The van der Waals surface area contributed by atoms with Crippen LogP contribution in [-0.2, 0) is 32.2 Å². The number of nitrogens with zero attached hydrogens (tertiary/aromatic N) is 4. The van der Waals surface area contributed by atoms with E-state index >= 15 is 0 Å². The summed E-state index contributed by atoms with van der Waals surface area (Å²) in [6.45, 7) is 18.1. The average Bonchev–Trinajstić information content (AvgIpc) is 3.55. The third kappa shape index (κ3) is 11.6. The van der Waals surface area contributed by atoms with E-state index in [9.17, 15) is 17.8 Å². The van der Waals surface area contributed by atoms with E-state index in [4.69, 9.17) is 4.74 Å². The second-order valence-electron chi connectivity index (χ2n) is 19.7. The molecular weight excluding hydrogens is 997 g/mol. The molecular formula is C52H69N4O5STl+2. The van der Waals surface area contributed by atoms with Gasteiger partial charge in [-0.15, -0.1) is 0 Å². The molecule has 2 aliphatic heterocycles. The van der Waals surface area contributed by atoms with Crippen LogP contribution < -0.4 is 9.64 Å². The van der Waals surface area contributed by atoms with Crippen molar-refractivity contribution in [1.82, 2.24) is 4.90 Å². The van der Waals surface area contributed by atoms with Gasteiger partial charge in [-0.3, -0.25) is 4.55 Å². The van der Waals surface area contributed by atoms with Crippen LogP contribution in [0.1, 0.15) is 95.4 Å². The standard InChI is InChI=1S/C52H68N4O5S.Tl/c1-11-53(7)31-14-32-54-46-27-19-38(2)36-44(46)51(3,4)48(54)29-22-40-17-12-18-41(50(40)61-42-24-20-39(21-25-42)16-13-35-57)23-30-49-52(5,6)45-37-43(62(58,59)60)26-28-47(45)55(49)33-15-34-56(8,9)10;/h19-30,36-37H,11-18,31-34H2,1-10H3;/q+1;/p+1. The second kappa shape index (κ2) is 19.8. The molecule has 1 N–H and O–H groups in total. The summed E-state index contributed by atoms with van der Waals surface area (Å²) >= 11 is 0.358. The van der Waals surface area contributed by atoms with Crippen molar-refractivity contribution in [3.63, 3.8) is 0 Å². The summed E-state index contributed by atoms with van der Waals surface area (Å²) < 4.78 is 45.2. The van der Waals surface area contributed by atoms with Crippen LogP contribution in [0.5, 0.6) is 5.75 Å². The Kier molecular flexibility index (Phi) is 15.3. The van der Waals surface area contributed by atoms with Gasteiger partial charge in [0.25, 0.3) is 10.1 Å². The first-order valence-electron chi connectivity index (χ1n) is 22.6. The van der Waals surface area contributed by atoms with E-state index in [1.54, 1.807) is 6.07 Å². The number of fused-ring (bicyclic) bond motifs is 2. The minimum Gasteiger partial charge on any atom is -0.0572 e. The second-order valence-corrected chi connectivity index (χ2v) is 23.7. The van der Waals surface area contributed by atoms with Gasteiger partial charge in [0.2, 0.25) is 5.69 Å². The number of rotatable bonds is 18. The van der Waals surface area contributed by atoms with Gasteiger partial charge in [-0.05, 0) is 71.1 Å². The summed E-state index contributed by atoms with van der Waals surface area (Å²) in [6, 6.07) is 20.1. The van der Waals surface area contributed by atoms with Gasteiger partial charge in [-0.25, -0.2) is 0 Å². The number of hydrogen-bond acceptors (Lipinski definition) is 6. The van der Waals surface area contributed by atoms with Gasteiger partial charge < -0.3 is 14.3 Å². The number of hydrogen-bond donors (Lipinski definition) is 1. The number of anilines is 1. The summed E-state index contributed by atoms with van der Waals surface area (Å²) in [5, 5.41) is 0. The van der Waals surface area contributed by atoms with Gasteiger partial charge in [-0.1, -0.05) is 38.5 Å². The van der Waals surface area contributed by atoms with Crippen LogP contribution in [0, 0.1) is 6.92 Å². The summed E-state index contributed by atoms with van der Waals surface area (Å²) in [5.74, 6) is 1.61. The molecule has 0 unspecified atom stereocenters. The first kappa shape index (κ1) is 48.8. The van der Waals surface area contributed by atoms with Gasteiger partial charge in [0.05, 0.1) is 44.4 Å². The minimum absolute atomic E-state index is 0.0921.